The summed E-state index contributed by atoms with van der Waals surface area (Å²) in [5, 5.41) is 10.9. The van der Waals surface area contributed by atoms with E-state index in [1.165, 1.54) is 0 Å². The number of guanidine groups is 1. The predicted octanol–water partition coefficient (Wildman–Crippen LogP) is 2.01. The highest BCUT2D eigenvalue weighted by Crippen LogP contribution is 1.99. The van der Waals surface area contributed by atoms with Crippen LogP contribution >= 0.6 is 11.8 Å². The summed E-state index contributed by atoms with van der Waals surface area (Å²) < 4.78 is 7.27. The van der Waals surface area contributed by atoms with E-state index in [-0.39, 0.29) is 0 Å². The molecular weight excluding hydrogens is 310 g/mol. The average molecular weight is 335 g/mol. The number of thioether (sulfide) groups is 1. The van der Waals surface area contributed by atoms with Crippen LogP contribution in [0.4, 0.5) is 0 Å². The monoisotopic (exact) mass is 335 g/mol. The van der Waals surface area contributed by atoms with Gasteiger partial charge in [0.05, 0.1) is 6.26 Å². The van der Waals surface area contributed by atoms with E-state index in [2.05, 4.69) is 27.0 Å². The molecule has 0 saturated heterocycles. The van der Waals surface area contributed by atoms with Gasteiger partial charge in [0.15, 0.2) is 5.96 Å². The maximum Gasteiger partial charge on any atom is 0.191 e. The Hall–Kier alpha value is -1.89. The van der Waals surface area contributed by atoms with Crippen molar-refractivity contribution in [3.05, 3.63) is 42.6 Å². The predicted molar refractivity (Wildman–Crippen MR) is 95.9 cm³/mol. The van der Waals surface area contributed by atoms with E-state index in [1.54, 1.807) is 12.5 Å². The van der Waals surface area contributed by atoms with Gasteiger partial charge in [-0.15, -0.1) is 0 Å². The first-order valence-corrected chi connectivity index (χ1v) is 9.29. The van der Waals surface area contributed by atoms with Crippen LogP contribution in [-0.2, 0) is 13.0 Å². The molecule has 2 N–H and O–H groups in total. The molecule has 7 heteroatoms. The van der Waals surface area contributed by atoms with Crippen LogP contribution in [0, 0.1) is 0 Å². The van der Waals surface area contributed by atoms with E-state index >= 15 is 0 Å². The van der Waals surface area contributed by atoms with Crippen molar-refractivity contribution in [1.29, 1.82) is 0 Å². The van der Waals surface area contributed by atoms with Gasteiger partial charge in [-0.3, -0.25) is 9.67 Å². The lowest BCUT2D eigenvalue weighted by atomic mass is 10.3. The van der Waals surface area contributed by atoms with Crippen molar-refractivity contribution in [3.8, 4) is 0 Å². The Morgan fingerprint density at radius 1 is 1.35 bits per heavy atom. The van der Waals surface area contributed by atoms with Gasteiger partial charge in [-0.25, -0.2) is 0 Å². The van der Waals surface area contributed by atoms with Crippen molar-refractivity contribution in [2.24, 2.45) is 4.99 Å². The van der Waals surface area contributed by atoms with Gasteiger partial charge in [-0.05, 0) is 30.9 Å². The third-order valence-electron chi connectivity index (χ3n) is 3.22. The molecule has 126 valence electrons. The van der Waals surface area contributed by atoms with Crippen molar-refractivity contribution in [1.82, 2.24) is 20.4 Å². The molecule has 2 heterocycles. The summed E-state index contributed by atoms with van der Waals surface area (Å²) in [6.45, 7) is 3.38. The highest BCUT2D eigenvalue weighted by atomic mass is 32.2. The number of hydrogen-bond donors (Lipinski definition) is 2. The van der Waals surface area contributed by atoms with Crippen LogP contribution in [-0.4, -0.2) is 47.4 Å². The fourth-order valence-electron chi connectivity index (χ4n) is 2.06. The molecular formula is C16H25N5OS. The van der Waals surface area contributed by atoms with E-state index in [0.29, 0.717) is 0 Å². The molecule has 0 fully saturated rings. The fourth-order valence-corrected chi connectivity index (χ4v) is 2.37. The Balaban J connectivity index is 1.71. The summed E-state index contributed by atoms with van der Waals surface area (Å²) in [6.07, 6.45) is 9.40. The van der Waals surface area contributed by atoms with Gasteiger partial charge in [0.1, 0.15) is 5.76 Å². The second kappa shape index (κ2) is 10.8. The van der Waals surface area contributed by atoms with E-state index in [4.69, 9.17) is 4.42 Å². The van der Waals surface area contributed by atoms with E-state index in [1.807, 2.05) is 40.8 Å². The van der Waals surface area contributed by atoms with Crippen molar-refractivity contribution in [2.45, 2.75) is 19.4 Å². The van der Waals surface area contributed by atoms with Crippen LogP contribution in [0.3, 0.4) is 0 Å². The Bertz CT molecular complexity index is 539. The molecule has 0 amide bonds. The second-order valence-electron chi connectivity index (χ2n) is 5.03. The SMILES string of the molecule is CSCCNC(=NCCCn1cccn1)NCCc1ccco1. The lowest BCUT2D eigenvalue weighted by Gasteiger charge is -2.12. The standard InChI is InChI=1S/C16H25N5OS/c1-23-14-10-19-16(18-9-6-15-5-2-13-22-15)17-7-3-11-21-12-4-8-20-21/h2,4-5,8,12-13H,3,6-7,9-11,14H2,1H3,(H2,17,18,19). The zero-order valence-electron chi connectivity index (χ0n) is 13.6. The number of aromatic nitrogens is 2. The maximum absolute atomic E-state index is 5.34. The number of hydrogen-bond acceptors (Lipinski definition) is 4. The Kier molecular flexibility index (Phi) is 8.18. The smallest absolute Gasteiger partial charge is 0.191 e. The second-order valence-corrected chi connectivity index (χ2v) is 6.01. The minimum Gasteiger partial charge on any atom is -0.469 e. The van der Waals surface area contributed by atoms with Crippen LogP contribution < -0.4 is 10.6 Å². The molecule has 0 saturated carbocycles. The largest absolute Gasteiger partial charge is 0.469 e. The fraction of sp³-hybridized carbons (Fsp3) is 0.500. The topological polar surface area (TPSA) is 67.4 Å². The zero-order chi connectivity index (χ0) is 16.2. The summed E-state index contributed by atoms with van der Waals surface area (Å²) in [5.41, 5.74) is 0. The molecule has 0 spiro atoms. The summed E-state index contributed by atoms with van der Waals surface area (Å²) in [7, 11) is 0. The van der Waals surface area contributed by atoms with Gasteiger partial charge in [0.2, 0.25) is 0 Å². The summed E-state index contributed by atoms with van der Waals surface area (Å²) in [6, 6.07) is 5.84. The van der Waals surface area contributed by atoms with E-state index in [9.17, 15) is 0 Å². The first-order chi connectivity index (χ1) is 11.4. The van der Waals surface area contributed by atoms with Crippen LogP contribution in [0.5, 0.6) is 0 Å². The lowest BCUT2D eigenvalue weighted by Crippen LogP contribution is -2.39. The van der Waals surface area contributed by atoms with Crippen molar-refractivity contribution in [2.75, 3.05) is 31.6 Å². The van der Waals surface area contributed by atoms with Crippen molar-refractivity contribution in [3.63, 3.8) is 0 Å². The van der Waals surface area contributed by atoms with Crippen LogP contribution in [0.1, 0.15) is 12.2 Å². The first-order valence-electron chi connectivity index (χ1n) is 7.89. The molecule has 0 bridgehead atoms. The Morgan fingerprint density at radius 2 is 2.26 bits per heavy atom. The normalized spacial score (nSPS) is 11.6. The summed E-state index contributed by atoms with van der Waals surface area (Å²) in [5.74, 6) is 2.91. The zero-order valence-corrected chi connectivity index (χ0v) is 14.4. The molecule has 6 nitrogen and oxygen atoms in total. The van der Waals surface area contributed by atoms with Gasteiger partial charge in [-0.2, -0.15) is 16.9 Å². The molecule has 0 atom stereocenters. The highest BCUT2D eigenvalue weighted by molar-refractivity contribution is 7.98. The average Bonchev–Trinajstić information content (AvgIpc) is 3.24. The number of nitrogens with zero attached hydrogens (tertiary/aromatic N) is 3. The molecule has 0 radical (unpaired) electrons. The molecule has 0 aliphatic heterocycles. The number of rotatable bonds is 10. The van der Waals surface area contributed by atoms with Gasteiger partial charge in [-0.1, -0.05) is 0 Å². The molecule has 0 aromatic carbocycles. The van der Waals surface area contributed by atoms with E-state index in [0.717, 1.165) is 56.5 Å². The Labute approximate surface area is 141 Å². The number of furan rings is 1. The van der Waals surface area contributed by atoms with Gasteiger partial charge < -0.3 is 15.1 Å². The Morgan fingerprint density at radius 3 is 3.00 bits per heavy atom. The third-order valence-corrected chi connectivity index (χ3v) is 3.83. The highest BCUT2D eigenvalue weighted by Gasteiger charge is 2.00. The molecule has 0 unspecified atom stereocenters. The van der Waals surface area contributed by atoms with Crippen molar-refractivity contribution >= 4 is 17.7 Å². The van der Waals surface area contributed by atoms with Crippen molar-refractivity contribution < 1.29 is 4.42 Å². The summed E-state index contributed by atoms with van der Waals surface area (Å²) in [4.78, 5) is 4.63. The van der Waals surface area contributed by atoms with Gasteiger partial charge >= 0.3 is 0 Å². The number of aryl methyl sites for hydroxylation is 1. The molecule has 0 aliphatic carbocycles. The van der Waals surface area contributed by atoms with Gasteiger partial charge in [0.25, 0.3) is 0 Å². The van der Waals surface area contributed by atoms with Crippen LogP contribution in [0.25, 0.3) is 0 Å². The molecule has 2 rings (SSSR count). The minimum absolute atomic E-state index is 0.773. The van der Waals surface area contributed by atoms with E-state index < -0.39 is 0 Å². The molecule has 0 aliphatic rings. The minimum atomic E-state index is 0.773. The lowest BCUT2D eigenvalue weighted by molar-refractivity contribution is 0.506. The maximum atomic E-state index is 5.34. The quantitative estimate of drug-likeness (QED) is 0.395. The third kappa shape index (κ3) is 7.27. The number of aliphatic imine (C=N–C) groups is 1. The van der Waals surface area contributed by atoms with Crippen LogP contribution in [0.2, 0.25) is 0 Å². The number of nitrogens with one attached hydrogen (secondary N) is 2. The molecule has 2 aromatic rings. The first kappa shape index (κ1) is 17.5. The van der Waals surface area contributed by atoms with Gasteiger partial charge in [0, 0.05) is 50.7 Å². The summed E-state index contributed by atoms with van der Waals surface area (Å²) >= 11 is 1.82. The molecule has 23 heavy (non-hydrogen) atoms. The molecule has 2 aromatic heterocycles. The van der Waals surface area contributed by atoms with Crippen LogP contribution in [0.15, 0.2) is 46.3 Å².